The van der Waals surface area contributed by atoms with Crippen LogP contribution >= 0.6 is 0 Å². The van der Waals surface area contributed by atoms with E-state index >= 15 is 0 Å². The predicted octanol–water partition coefficient (Wildman–Crippen LogP) is 2.55. The average molecular weight is 278 g/mol. The first kappa shape index (κ1) is 15.0. The molecule has 0 spiro atoms. The molecule has 1 aromatic carbocycles. The Morgan fingerprint density at radius 2 is 2.10 bits per heavy atom. The number of ether oxygens (including phenoxy) is 2. The standard InChI is InChI=1S/C16H22O4/c1-15(2)10-9-13(20-15)16(3,18)11-19-14(17)12-7-5-4-6-8-12/h4-8,13,18H,9-11H2,1-3H3/t13-,16-/m1/s1. The van der Waals surface area contributed by atoms with Crippen molar-refractivity contribution in [2.75, 3.05) is 6.61 Å². The highest BCUT2D eigenvalue weighted by molar-refractivity contribution is 5.89. The molecule has 1 aliphatic heterocycles. The molecule has 1 fully saturated rings. The van der Waals surface area contributed by atoms with E-state index in [1.807, 2.05) is 19.9 Å². The van der Waals surface area contributed by atoms with Crippen LogP contribution < -0.4 is 0 Å². The third kappa shape index (κ3) is 3.58. The quantitative estimate of drug-likeness (QED) is 0.860. The fraction of sp³-hybridized carbons (Fsp3) is 0.562. The summed E-state index contributed by atoms with van der Waals surface area (Å²) in [6.07, 6.45) is 1.35. The largest absolute Gasteiger partial charge is 0.459 e. The molecule has 1 aromatic rings. The second-order valence-corrected chi connectivity index (χ2v) is 6.20. The van der Waals surface area contributed by atoms with Crippen molar-refractivity contribution in [1.82, 2.24) is 0 Å². The van der Waals surface area contributed by atoms with Crippen LogP contribution in [0.2, 0.25) is 0 Å². The molecule has 1 N–H and O–H groups in total. The molecule has 0 unspecified atom stereocenters. The normalized spacial score (nSPS) is 24.1. The minimum Gasteiger partial charge on any atom is -0.459 e. The molecule has 1 aliphatic rings. The van der Waals surface area contributed by atoms with E-state index in [0.29, 0.717) is 5.56 Å². The maximum atomic E-state index is 11.9. The van der Waals surface area contributed by atoms with Crippen LogP contribution in [-0.4, -0.2) is 35.0 Å². The first-order chi connectivity index (χ1) is 9.30. The Morgan fingerprint density at radius 1 is 1.45 bits per heavy atom. The van der Waals surface area contributed by atoms with Crippen LogP contribution in [0.25, 0.3) is 0 Å². The molecular formula is C16H22O4. The lowest BCUT2D eigenvalue weighted by atomic mass is 9.96. The highest BCUT2D eigenvalue weighted by Gasteiger charge is 2.43. The summed E-state index contributed by atoms with van der Waals surface area (Å²) in [6.45, 7) is 5.58. The van der Waals surface area contributed by atoms with Gasteiger partial charge in [-0.1, -0.05) is 18.2 Å². The zero-order valence-corrected chi connectivity index (χ0v) is 12.3. The van der Waals surface area contributed by atoms with Gasteiger partial charge in [0.15, 0.2) is 0 Å². The van der Waals surface area contributed by atoms with Crippen molar-refractivity contribution in [3.8, 4) is 0 Å². The van der Waals surface area contributed by atoms with Gasteiger partial charge in [-0.2, -0.15) is 0 Å². The second-order valence-electron chi connectivity index (χ2n) is 6.20. The molecule has 1 saturated heterocycles. The van der Waals surface area contributed by atoms with Gasteiger partial charge in [0.1, 0.15) is 12.2 Å². The van der Waals surface area contributed by atoms with E-state index in [4.69, 9.17) is 9.47 Å². The van der Waals surface area contributed by atoms with Gasteiger partial charge in [-0.25, -0.2) is 4.79 Å². The average Bonchev–Trinajstić information content (AvgIpc) is 2.78. The summed E-state index contributed by atoms with van der Waals surface area (Å²) in [5.41, 5.74) is -0.910. The van der Waals surface area contributed by atoms with E-state index in [0.717, 1.165) is 12.8 Å². The van der Waals surface area contributed by atoms with E-state index in [9.17, 15) is 9.90 Å². The first-order valence-electron chi connectivity index (χ1n) is 6.93. The Labute approximate surface area is 119 Å². The van der Waals surface area contributed by atoms with Gasteiger partial charge in [0, 0.05) is 0 Å². The molecule has 0 saturated carbocycles. The number of benzene rings is 1. The minimum atomic E-state index is -1.17. The van der Waals surface area contributed by atoms with E-state index in [1.54, 1.807) is 31.2 Å². The lowest BCUT2D eigenvalue weighted by Crippen LogP contribution is -2.45. The number of rotatable bonds is 4. The van der Waals surface area contributed by atoms with Crippen LogP contribution in [0.5, 0.6) is 0 Å². The maximum Gasteiger partial charge on any atom is 0.338 e. The lowest BCUT2D eigenvalue weighted by molar-refractivity contribution is -0.137. The molecule has 2 rings (SSSR count). The number of carbonyl (C=O) groups excluding carboxylic acids is 1. The van der Waals surface area contributed by atoms with Crippen molar-refractivity contribution in [2.45, 2.75) is 50.9 Å². The summed E-state index contributed by atoms with van der Waals surface area (Å²) in [4.78, 5) is 11.9. The molecule has 0 aliphatic carbocycles. The fourth-order valence-electron chi connectivity index (χ4n) is 2.38. The molecule has 0 radical (unpaired) electrons. The zero-order valence-electron chi connectivity index (χ0n) is 12.3. The lowest BCUT2D eigenvalue weighted by Gasteiger charge is -2.30. The molecule has 0 bridgehead atoms. The van der Waals surface area contributed by atoms with Crippen LogP contribution in [0, 0.1) is 0 Å². The van der Waals surface area contributed by atoms with Gasteiger partial charge in [0.2, 0.25) is 0 Å². The maximum absolute atomic E-state index is 11.9. The van der Waals surface area contributed by atoms with Crippen molar-refractivity contribution >= 4 is 5.97 Å². The van der Waals surface area contributed by atoms with Crippen molar-refractivity contribution in [2.24, 2.45) is 0 Å². The van der Waals surface area contributed by atoms with E-state index in [2.05, 4.69) is 0 Å². The summed E-state index contributed by atoms with van der Waals surface area (Å²) >= 11 is 0. The van der Waals surface area contributed by atoms with Crippen molar-refractivity contribution in [1.29, 1.82) is 0 Å². The van der Waals surface area contributed by atoms with Gasteiger partial charge in [0.25, 0.3) is 0 Å². The Morgan fingerprint density at radius 3 is 2.65 bits per heavy atom. The molecule has 2 atom stereocenters. The summed E-state index contributed by atoms with van der Waals surface area (Å²) < 4.78 is 11.0. The molecule has 20 heavy (non-hydrogen) atoms. The Kier molecular flexibility index (Phi) is 4.16. The first-order valence-corrected chi connectivity index (χ1v) is 6.93. The number of esters is 1. The third-order valence-electron chi connectivity index (χ3n) is 3.67. The summed E-state index contributed by atoms with van der Waals surface area (Å²) in [6, 6.07) is 8.76. The second kappa shape index (κ2) is 5.54. The topological polar surface area (TPSA) is 55.8 Å². The number of aliphatic hydroxyl groups is 1. The summed E-state index contributed by atoms with van der Waals surface area (Å²) in [5.74, 6) is -0.428. The molecule has 4 heteroatoms. The number of hydrogen-bond donors (Lipinski definition) is 1. The molecule has 0 aromatic heterocycles. The van der Waals surface area contributed by atoms with Crippen molar-refractivity contribution in [3.63, 3.8) is 0 Å². The van der Waals surface area contributed by atoms with E-state index < -0.39 is 11.6 Å². The smallest absolute Gasteiger partial charge is 0.338 e. The van der Waals surface area contributed by atoms with Crippen LogP contribution in [0.15, 0.2) is 30.3 Å². The van der Waals surface area contributed by atoms with Gasteiger partial charge < -0.3 is 14.6 Å². The van der Waals surface area contributed by atoms with Gasteiger partial charge >= 0.3 is 5.97 Å². The Bertz CT molecular complexity index is 465. The third-order valence-corrected chi connectivity index (χ3v) is 3.67. The summed E-state index contributed by atoms with van der Waals surface area (Å²) in [5, 5.41) is 10.4. The Hall–Kier alpha value is -1.39. The predicted molar refractivity (Wildman–Crippen MR) is 75.5 cm³/mol. The number of carbonyl (C=O) groups is 1. The minimum absolute atomic E-state index is 0.0680. The van der Waals surface area contributed by atoms with Crippen LogP contribution in [0.1, 0.15) is 44.0 Å². The highest BCUT2D eigenvalue weighted by atomic mass is 16.6. The van der Waals surface area contributed by atoms with E-state index in [-0.39, 0.29) is 18.3 Å². The van der Waals surface area contributed by atoms with Crippen molar-refractivity contribution in [3.05, 3.63) is 35.9 Å². The van der Waals surface area contributed by atoms with Crippen LogP contribution in [0.3, 0.4) is 0 Å². The molecule has 1 heterocycles. The molecule has 4 nitrogen and oxygen atoms in total. The van der Waals surface area contributed by atoms with Gasteiger partial charge in [-0.3, -0.25) is 0 Å². The summed E-state index contributed by atoms with van der Waals surface area (Å²) in [7, 11) is 0. The van der Waals surface area contributed by atoms with Gasteiger partial charge in [-0.05, 0) is 45.7 Å². The van der Waals surface area contributed by atoms with E-state index in [1.165, 1.54) is 0 Å². The molecular weight excluding hydrogens is 256 g/mol. The van der Waals surface area contributed by atoms with Gasteiger partial charge in [-0.15, -0.1) is 0 Å². The molecule has 110 valence electrons. The SMILES string of the molecule is CC1(C)CC[C@H]([C@](C)(O)COC(=O)c2ccccc2)O1. The fourth-order valence-corrected chi connectivity index (χ4v) is 2.38. The van der Waals surface area contributed by atoms with Crippen molar-refractivity contribution < 1.29 is 19.4 Å². The van der Waals surface area contributed by atoms with Crippen LogP contribution in [-0.2, 0) is 9.47 Å². The monoisotopic (exact) mass is 278 g/mol. The zero-order chi connectivity index (χ0) is 14.8. The van der Waals surface area contributed by atoms with Crippen LogP contribution in [0.4, 0.5) is 0 Å². The number of hydrogen-bond acceptors (Lipinski definition) is 4. The molecule has 0 amide bonds. The Balaban J connectivity index is 1.91. The van der Waals surface area contributed by atoms with Gasteiger partial charge in [0.05, 0.1) is 17.3 Å². The highest BCUT2D eigenvalue weighted by Crippen LogP contribution is 2.35.